The van der Waals surface area contributed by atoms with E-state index in [-0.39, 0.29) is 6.04 Å². The summed E-state index contributed by atoms with van der Waals surface area (Å²) in [6.45, 7) is 4.17. The van der Waals surface area contributed by atoms with Gasteiger partial charge in [0.25, 0.3) is 0 Å². The highest BCUT2D eigenvalue weighted by molar-refractivity contribution is 6.30. The van der Waals surface area contributed by atoms with Crippen molar-refractivity contribution in [2.75, 3.05) is 18.0 Å². The highest BCUT2D eigenvalue weighted by atomic mass is 35.5. The van der Waals surface area contributed by atoms with Gasteiger partial charge in [-0.05, 0) is 31.0 Å². The van der Waals surface area contributed by atoms with E-state index in [4.69, 9.17) is 11.6 Å². The van der Waals surface area contributed by atoms with Gasteiger partial charge in [0.1, 0.15) is 6.04 Å². The van der Waals surface area contributed by atoms with Gasteiger partial charge in [-0.3, -0.25) is 0 Å². The lowest BCUT2D eigenvalue weighted by molar-refractivity contribution is 0.574. The molecule has 0 saturated carbocycles. The molecule has 1 heterocycles. The van der Waals surface area contributed by atoms with Crippen molar-refractivity contribution < 1.29 is 0 Å². The van der Waals surface area contributed by atoms with Crippen molar-refractivity contribution in [3.63, 3.8) is 0 Å². The second-order valence-electron chi connectivity index (χ2n) is 4.81. The van der Waals surface area contributed by atoms with Crippen LogP contribution in [0.25, 0.3) is 0 Å². The summed E-state index contributed by atoms with van der Waals surface area (Å²) in [6, 6.07) is 5.55. The maximum absolute atomic E-state index is 10.9. The molecule has 0 amide bonds. The van der Waals surface area contributed by atoms with Crippen molar-refractivity contribution in [3.8, 4) is 0 Å². The van der Waals surface area contributed by atoms with Crippen LogP contribution in [-0.2, 0) is 0 Å². The first-order chi connectivity index (χ1) is 8.76. The van der Waals surface area contributed by atoms with E-state index in [1.165, 1.54) is 19.3 Å². The molecule has 18 heavy (non-hydrogen) atoms. The number of rotatable bonds is 5. The lowest BCUT2D eigenvalue weighted by atomic mass is 9.97. The Morgan fingerprint density at radius 2 is 2.28 bits per heavy atom. The zero-order chi connectivity index (χ0) is 13.0. The van der Waals surface area contributed by atoms with Gasteiger partial charge >= 0.3 is 0 Å². The van der Waals surface area contributed by atoms with Gasteiger partial charge in [-0.15, -0.1) is 0 Å². The van der Waals surface area contributed by atoms with Gasteiger partial charge in [-0.2, -0.15) is 4.91 Å². The van der Waals surface area contributed by atoms with Crippen LogP contribution in [0, 0.1) is 4.91 Å². The molecule has 3 nitrogen and oxygen atoms in total. The molecule has 1 aromatic rings. The van der Waals surface area contributed by atoms with Crippen LogP contribution in [-0.4, -0.2) is 13.1 Å². The van der Waals surface area contributed by atoms with Crippen LogP contribution < -0.4 is 4.90 Å². The van der Waals surface area contributed by atoms with Crippen LogP contribution in [0.15, 0.2) is 23.4 Å². The zero-order valence-corrected chi connectivity index (χ0v) is 11.5. The summed E-state index contributed by atoms with van der Waals surface area (Å²) in [5.74, 6) is 0. The van der Waals surface area contributed by atoms with Gasteiger partial charge in [-0.25, -0.2) is 0 Å². The smallest absolute Gasteiger partial charge is 0.121 e. The summed E-state index contributed by atoms with van der Waals surface area (Å²) in [6.07, 6.45) is 4.45. The van der Waals surface area contributed by atoms with Crippen LogP contribution in [0.5, 0.6) is 0 Å². The lowest BCUT2D eigenvalue weighted by Crippen LogP contribution is -2.31. The van der Waals surface area contributed by atoms with Gasteiger partial charge in [0, 0.05) is 29.4 Å². The van der Waals surface area contributed by atoms with Crippen LogP contribution >= 0.6 is 11.6 Å². The number of unbranched alkanes of at least 4 members (excludes halogenated alkanes) is 2. The van der Waals surface area contributed by atoms with E-state index in [9.17, 15) is 4.91 Å². The average molecular weight is 267 g/mol. The summed E-state index contributed by atoms with van der Waals surface area (Å²) in [7, 11) is 0. The summed E-state index contributed by atoms with van der Waals surface area (Å²) in [5, 5.41) is 3.90. The molecular formula is C14H19ClN2O. The Balaban J connectivity index is 2.20. The molecule has 0 fully saturated rings. The summed E-state index contributed by atoms with van der Waals surface area (Å²) >= 11 is 6.01. The van der Waals surface area contributed by atoms with E-state index in [1.54, 1.807) is 0 Å². The molecule has 0 bridgehead atoms. The third-order valence-electron chi connectivity index (χ3n) is 3.52. The van der Waals surface area contributed by atoms with Crippen molar-refractivity contribution in [2.45, 2.75) is 38.6 Å². The van der Waals surface area contributed by atoms with Gasteiger partial charge in [0.15, 0.2) is 0 Å². The maximum atomic E-state index is 10.9. The third kappa shape index (κ3) is 2.83. The van der Waals surface area contributed by atoms with Crippen molar-refractivity contribution >= 4 is 17.3 Å². The minimum absolute atomic E-state index is 0.235. The van der Waals surface area contributed by atoms with Crippen LogP contribution in [0.2, 0.25) is 5.02 Å². The molecule has 1 unspecified atom stereocenters. The second-order valence-corrected chi connectivity index (χ2v) is 5.24. The van der Waals surface area contributed by atoms with Crippen LogP contribution in [0.3, 0.4) is 0 Å². The standard InChI is InChI=1S/C14H19ClN2O/c1-2-3-4-8-17-9-7-13(16-18)12-10-11(15)5-6-14(12)17/h5-6,10,13H,2-4,7-9H2,1H3. The first-order valence-electron chi connectivity index (χ1n) is 6.63. The molecule has 2 rings (SSSR count). The van der Waals surface area contributed by atoms with Crippen molar-refractivity contribution in [1.29, 1.82) is 0 Å². The quantitative estimate of drug-likeness (QED) is 0.579. The summed E-state index contributed by atoms with van der Waals surface area (Å²) < 4.78 is 0. The second kappa shape index (κ2) is 6.19. The predicted octanol–water partition coefficient (Wildman–Crippen LogP) is 4.55. The summed E-state index contributed by atoms with van der Waals surface area (Å²) in [5.41, 5.74) is 2.12. The Morgan fingerprint density at radius 1 is 1.44 bits per heavy atom. The van der Waals surface area contributed by atoms with Gasteiger partial charge in [-0.1, -0.05) is 36.5 Å². The van der Waals surface area contributed by atoms with Crippen LogP contribution in [0.1, 0.15) is 44.2 Å². The predicted molar refractivity (Wildman–Crippen MR) is 76.3 cm³/mol. The van der Waals surface area contributed by atoms with Crippen molar-refractivity contribution in [2.24, 2.45) is 5.18 Å². The van der Waals surface area contributed by atoms with E-state index >= 15 is 0 Å². The van der Waals surface area contributed by atoms with Crippen molar-refractivity contribution in [1.82, 2.24) is 0 Å². The minimum atomic E-state index is -0.235. The summed E-state index contributed by atoms with van der Waals surface area (Å²) in [4.78, 5) is 13.2. The van der Waals surface area contributed by atoms with Gasteiger partial charge in [0.2, 0.25) is 0 Å². The monoisotopic (exact) mass is 266 g/mol. The molecule has 4 heteroatoms. The molecule has 0 aliphatic carbocycles. The molecule has 1 aromatic carbocycles. The van der Waals surface area contributed by atoms with E-state index in [2.05, 4.69) is 17.0 Å². The normalized spacial score (nSPS) is 18.6. The SMILES string of the molecule is CCCCCN1CCC(N=O)c2cc(Cl)ccc21. The molecule has 0 saturated heterocycles. The molecule has 1 aliphatic rings. The minimum Gasteiger partial charge on any atom is -0.371 e. The topological polar surface area (TPSA) is 32.7 Å². The first-order valence-corrected chi connectivity index (χ1v) is 7.01. The maximum Gasteiger partial charge on any atom is 0.121 e. The number of fused-ring (bicyclic) bond motifs is 1. The number of benzene rings is 1. The van der Waals surface area contributed by atoms with Gasteiger partial charge < -0.3 is 4.90 Å². The fourth-order valence-electron chi connectivity index (χ4n) is 2.53. The third-order valence-corrected chi connectivity index (χ3v) is 3.76. The highest BCUT2D eigenvalue weighted by Gasteiger charge is 2.25. The van der Waals surface area contributed by atoms with E-state index in [0.29, 0.717) is 5.02 Å². The Kier molecular flexibility index (Phi) is 4.59. The van der Waals surface area contributed by atoms with Crippen LogP contribution in [0.4, 0.5) is 5.69 Å². The number of hydrogen-bond donors (Lipinski definition) is 0. The fraction of sp³-hybridized carbons (Fsp3) is 0.571. The number of halogens is 1. The molecule has 0 N–H and O–H groups in total. The largest absolute Gasteiger partial charge is 0.371 e. The molecule has 98 valence electrons. The lowest BCUT2D eigenvalue weighted by Gasteiger charge is -2.33. The number of anilines is 1. The Labute approximate surface area is 113 Å². The first kappa shape index (κ1) is 13.3. The highest BCUT2D eigenvalue weighted by Crippen LogP contribution is 2.37. The number of nitrogens with zero attached hydrogens (tertiary/aromatic N) is 2. The van der Waals surface area contributed by atoms with E-state index in [0.717, 1.165) is 30.8 Å². The molecule has 0 aromatic heterocycles. The average Bonchev–Trinajstić information content (AvgIpc) is 2.38. The molecular weight excluding hydrogens is 248 g/mol. The zero-order valence-electron chi connectivity index (χ0n) is 10.7. The Hall–Kier alpha value is -1.09. The fourth-order valence-corrected chi connectivity index (χ4v) is 2.71. The Morgan fingerprint density at radius 3 is 3.00 bits per heavy atom. The molecule has 1 atom stereocenters. The van der Waals surface area contributed by atoms with E-state index in [1.807, 2.05) is 18.2 Å². The number of nitroso groups, excluding NO2 is 1. The number of hydrogen-bond acceptors (Lipinski definition) is 3. The molecule has 0 radical (unpaired) electrons. The Bertz CT molecular complexity index is 422. The van der Waals surface area contributed by atoms with Gasteiger partial charge in [0.05, 0.1) is 0 Å². The van der Waals surface area contributed by atoms with Crippen molar-refractivity contribution in [3.05, 3.63) is 33.7 Å². The van der Waals surface area contributed by atoms with E-state index < -0.39 is 0 Å². The molecule has 0 spiro atoms. The molecule has 1 aliphatic heterocycles.